The van der Waals surface area contributed by atoms with E-state index < -0.39 is 12.0 Å². The zero-order valence-corrected chi connectivity index (χ0v) is 7.90. The number of carbonyl (C=O) groups is 1. The first kappa shape index (κ1) is 10.7. The third-order valence-corrected chi connectivity index (χ3v) is 2.04. The van der Waals surface area contributed by atoms with E-state index in [1.165, 1.54) is 0 Å². The van der Waals surface area contributed by atoms with Gasteiger partial charge in [-0.2, -0.15) is 0 Å². The number of benzene rings is 1. The fourth-order valence-corrected chi connectivity index (χ4v) is 1.28. The summed E-state index contributed by atoms with van der Waals surface area (Å²) in [5, 5.41) is 17.7. The van der Waals surface area contributed by atoms with Crippen molar-refractivity contribution in [3.8, 4) is 0 Å². The molecule has 0 bridgehead atoms. The fourth-order valence-electron chi connectivity index (χ4n) is 1.28. The molecule has 0 aliphatic rings. The molecule has 0 radical (unpaired) electrons. The zero-order chi connectivity index (χ0) is 10.7. The van der Waals surface area contributed by atoms with Crippen LogP contribution in [0.25, 0.3) is 0 Å². The van der Waals surface area contributed by atoms with Crippen LogP contribution in [0.2, 0.25) is 0 Å². The third-order valence-electron chi connectivity index (χ3n) is 2.04. The molecule has 1 aromatic carbocycles. The van der Waals surface area contributed by atoms with E-state index >= 15 is 0 Å². The Hall–Kier alpha value is -1.39. The first-order chi connectivity index (χ1) is 6.56. The van der Waals surface area contributed by atoms with Crippen molar-refractivity contribution in [1.29, 1.82) is 0 Å². The number of rotatable bonds is 3. The van der Waals surface area contributed by atoms with Gasteiger partial charge < -0.3 is 15.9 Å². The van der Waals surface area contributed by atoms with Crippen LogP contribution in [0.5, 0.6) is 0 Å². The minimum absolute atomic E-state index is 0.159. The molecule has 0 aromatic heterocycles. The van der Waals surface area contributed by atoms with Crippen molar-refractivity contribution in [1.82, 2.24) is 0 Å². The van der Waals surface area contributed by atoms with Crippen LogP contribution < -0.4 is 5.73 Å². The predicted molar refractivity (Wildman–Crippen MR) is 52.2 cm³/mol. The van der Waals surface area contributed by atoms with E-state index in [1.807, 2.05) is 0 Å². The van der Waals surface area contributed by atoms with Crippen molar-refractivity contribution < 1.29 is 15.0 Å². The molecule has 0 fully saturated rings. The highest BCUT2D eigenvalue weighted by Gasteiger charge is 2.14. The van der Waals surface area contributed by atoms with Gasteiger partial charge in [0, 0.05) is 0 Å². The summed E-state index contributed by atoms with van der Waals surface area (Å²) in [6.45, 7) is 1.55. The third kappa shape index (κ3) is 2.10. The lowest BCUT2D eigenvalue weighted by Crippen LogP contribution is -2.18. The molecule has 0 spiro atoms. The Morgan fingerprint density at radius 2 is 2.21 bits per heavy atom. The maximum atomic E-state index is 10.9. The average molecular weight is 195 g/mol. The van der Waals surface area contributed by atoms with Crippen LogP contribution in [0, 0.1) is 6.92 Å². The summed E-state index contributed by atoms with van der Waals surface area (Å²) < 4.78 is 0. The first-order valence-corrected chi connectivity index (χ1v) is 4.26. The van der Waals surface area contributed by atoms with Crippen molar-refractivity contribution in [3.63, 3.8) is 0 Å². The quantitative estimate of drug-likeness (QED) is 0.662. The molecule has 0 saturated carbocycles. The van der Waals surface area contributed by atoms with Crippen LogP contribution in [-0.2, 0) is 0 Å². The molecule has 0 aliphatic carbocycles. The van der Waals surface area contributed by atoms with Crippen molar-refractivity contribution in [2.45, 2.75) is 13.0 Å². The number of carboxylic acid groups (broad SMARTS) is 1. The summed E-state index contributed by atoms with van der Waals surface area (Å²) in [6.07, 6.45) is 0. The summed E-state index contributed by atoms with van der Waals surface area (Å²) in [5.41, 5.74) is 7.05. The summed E-state index contributed by atoms with van der Waals surface area (Å²) in [6, 6.07) is 4.33. The molecule has 4 N–H and O–H groups in total. The van der Waals surface area contributed by atoms with Gasteiger partial charge in [0.05, 0.1) is 18.2 Å². The molecule has 76 valence electrons. The van der Waals surface area contributed by atoms with Gasteiger partial charge in [0.25, 0.3) is 0 Å². The SMILES string of the molecule is Cc1ccc([C@H](N)CO)c(C(=O)O)c1. The van der Waals surface area contributed by atoms with E-state index in [4.69, 9.17) is 15.9 Å². The molecule has 0 amide bonds. The van der Waals surface area contributed by atoms with E-state index in [0.717, 1.165) is 5.56 Å². The normalized spacial score (nSPS) is 12.5. The average Bonchev–Trinajstić information content (AvgIpc) is 2.16. The van der Waals surface area contributed by atoms with Crippen molar-refractivity contribution in [3.05, 3.63) is 34.9 Å². The topological polar surface area (TPSA) is 83.5 Å². The van der Waals surface area contributed by atoms with E-state index in [2.05, 4.69) is 0 Å². The lowest BCUT2D eigenvalue weighted by Gasteiger charge is -2.12. The van der Waals surface area contributed by atoms with Crippen molar-refractivity contribution in [2.24, 2.45) is 5.73 Å². The number of hydrogen-bond donors (Lipinski definition) is 3. The molecular formula is C10H13NO3. The maximum Gasteiger partial charge on any atom is 0.336 e. The van der Waals surface area contributed by atoms with Gasteiger partial charge in [-0.25, -0.2) is 4.79 Å². The van der Waals surface area contributed by atoms with E-state index in [0.29, 0.717) is 5.56 Å². The van der Waals surface area contributed by atoms with Crippen LogP contribution in [0.15, 0.2) is 18.2 Å². The largest absolute Gasteiger partial charge is 0.478 e. The molecular weight excluding hydrogens is 182 g/mol. The number of carboxylic acids is 1. The molecule has 1 aromatic rings. The monoisotopic (exact) mass is 195 g/mol. The Kier molecular flexibility index (Phi) is 3.22. The second-order valence-corrected chi connectivity index (χ2v) is 3.18. The first-order valence-electron chi connectivity index (χ1n) is 4.26. The Balaban J connectivity index is 3.21. The number of aliphatic hydroxyl groups excluding tert-OH is 1. The number of hydrogen-bond acceptors (Lipinski definition) is 3. The lowest BCUT2D eigenvalue weighted by atomic mass is 9.99. The molecule has 0 heterocycles. The van der Waals surface area contributed by atoms with Gasteiger partial charge in [0.2, 0.25) is 0 Å². The Morgan fingerprint density at radius 1 is 1.57 bits per heavy atom. The summed E-state index contributed by atoms with van der Waals surface area (Å²) in [4.78, 5) is 10.9. The molecule has 1 atom stereocenters. The minimum Gasteiger partial charge on any atom is -0.478 e. The Bertz CT molecular complexity index is 349. The predicted octanol–water partition coefficient (Wildman–Crippen LogP) is 0.685. The summed E-state index contributed by atoms with van der Waals surface area (Å²) in [5.74, 6) is -1.02. The lowest BCUT2D eigenvalue weighted by molar-refractivity contribution is 0.0694. The molecule has 4 heteroatoms. The van der Waals surface area contributed by atoms with Crippen LogP contribution in [0.3, 0.4) is 0 Å². The van der Waals surface area contributed by atoms with Crippen LogP contribution in [-0.4, -0.2) is 22.8 Å². The Morgan fingerprint density at radius 3 is 2.71 bits per heavy atom. The van der Waals surface area contributed by atoms with Gasteiger partial charge in [0.1, 0.15) is 0 Å². The molecule has 0 unspecified atom stereocenters. The van der Waals surface area contributed by atoms with Gasteiger partial charge in [-0.15, -0.1) is 0 Å². The maximum absolute atomic E-state index is 10.9. The molecule has 0 saturated heterocycles. The minimum atomic E-state index is -1.02. The molecule has 14 heavy (non-hydrogen) atoms. The number of aromatic carboxylic acids is 1. The summed E-state index contributed by atoms with van der Waals surface area (Å²) in [7, 11) is 0. The number of aryl methyl sites for hydroxylation is 1. The van der Waals surface area contributed by atoms with E-state index in [-0.39, 0.29) is 12.2 Å². The second kappa shape index (κ2) is 4.21. The molecule has 0 aliphatic heterocycles. The van der Waals surface area contributed by atoms with Gasteiger partial charge in [-0.3, -0.25) is 0 Å². The Labute approximate surface area is 82.0 Å². The summed E-state index contributed by atoms with van der Waals surface area (Å²) >= 11 is 0. The molecule has 1 rings (SSSR count). The number of aliphatic hydroxyl groups is 1. The van der Waals surface area contributed by atoms with Crippen LogP contribution in [0.1, 0.15) is 27.5 Å². The highest BCUT2D eigenvalue weighted by molar-refractivity contribution is 5.89. The van der Waals surface area contributed by atoms with Gasteiger partial charge in [-0.05, 0) is 18.6 Å². The van der Waals surface area contributed by atoms with E-state index in [1.54, 1.807) is 25.1 Å². The fraction of sp³-hybridized carbons (Fsp3) is 0.300. The number of nitrogens with two attached hydrogens (primary N) is 1. The van der Waals surface area contributed by atoms with Gasteiger partial charge in [-0.1, -0.05) is 17.7 Å². The van der Waals surface area contributed by atoms with Crippen molar-refractivity contribution in [2.75, 3.05) is 6.61 Å². The molecule has 4 nitrogen and oxygen atoms in total. The smallest absolute Gasteiger partial charge is 0.336 e. The van der Waals surface area contributed by atoms with Crippen LogP contribution in [0.4, 0.5) is 0 Å². The van der Waals surface area contributed by atoms with Gasteiger partial charge in [0.15, 0.2) is 0 Å². The standard InChI is InChI=1S/C10H13NO3/c1-6-2-3-7(9(11)5-12)8(4-6)10(13)14/h2-4,9,12H,5,11H2,1H3,(H,13,14)/t9-/m1/s1. The second-order valence-electron chi connectivity index (χ2n) is 3.18. The highest BCUT2D eigenvalue weighted by atomic mass is 16.4. The van der Waals surface area contributed by atoms with Gasteiger partial charge >= 0.3 is 5.97 Å². The van der Waals surface area contributed by atoms with Crippen molar-refractivity contribution >= 4 is 5.97 Å². The van der Waals surface area contributed by atoms with E-state index in [9.17, 15) is 4.79 Å². The zero-order valence-electron chi connectivity index (χ0n) is 7.90. The van der Waals surface area contributed by atoms with Crippen LogP contribution >= 0.6 is 0 Å². The highest BCUT2D eigenvalue weighted by Crippen LogP contribution is 2.17.